The first kappa shape index (κ1) is 12.7. The second kappa shape index (κ2) is 6.22. The lowest BCUT2D eigenvalue weighted by Gasteiger charge is -2.16. The van der Waals surface area contributed by atoms with Gasteiger partial charge in [-0.2, -0.15) is 0 Å². The zero-order valence-corrected chi connectivity index (χ0v) is 11.0. The van der Waals surface area contributed by atoms with Gasteiger partial charge in [-0.1, -0.05) is 6.92 Å². The number of nitrogens with one attached hydrogen (secondary N) is 1. The summed E-state index contributed by atoms with van der Waals surface area (Å²) in [6.45, 7) is 6.33. The van der Waals surface area contributed by atoms with E-state index in [1.165, 1.54) is 24.9 Å². The van der Waals surface area contributed by atoms with Crippen molar-refractivity contribution in [3.63, 3.8) is 0 Å². The summed E-state index contributed by atoms with van der Waals surface area (Å²) in [4.78, 5) is 2.41. The summed E-state index contributed by atoms with van der Waals surface area (Å²) >= 11 is 0. The number of hydrogen-bond donors (Lipinski definition) is 1. The van der Waals surface area contributed by atoms with E-state index in [1.807, 2.05) is 6.26 Å². The van der Waals surface area contributed by atoms with Crippen LogP contribution in [0, 0.1) is 5.92 Å². The summed E-state index contributed by atoms with van der Waals surface area (Å²) < 4.78 is 5.54. The molecule has 0 spiro atoms. The fourth-order valence-corrected chi connectivity index (χ4v) is 2.14. The highest BCUT2D eigenvalue weighted by Crippen LogP contribution is 2.29. The van der Waals surface area contributed by atoms with Crippen molar-refractivity contribution in [3.05, 3.63) is 23.7 Å². The molecule has 96 valence electrons. The Hall–Kier alpha value is -0.800. The molecule has 1 aromatic rings. The molecule has 1 heterocycles. The predicted molar refractivity (Wildman–Crippen MR) is 69.8 cm³/mol. The van der Waals surface area contributed by atoms with Gasteiger partial charge in [-0.15, -0.1) is 0 Å². The number of rotatable bonds is 8. The first-order valence-corrected chi connectivity index (χ1v) is 6.74. The molecule has 1 aliphatic carbocycles. The molecule has 1 aliphatic rings. The molecule has 0 radical (unpaired) electrons. The smallest absolute Gasteiger partial charge is 0.122 e. The van der Waals surface area contributed by atoms with Crippen LogP contribution in [0.15, 0.2) is 16.7 Å². The normalized spacial score (nSPS) is 15.7. The monoisotopic (exact) mass is 236 g/mol. The molecule has 0 unspecified atom stereocenters. The largest absolute Gasteiger partial charge is 0.468 e. The maximum atomic E-state index is 5.54. The zero-order valence-electron chi connectivity index (χ0n) is 11.0. The Kier molecular flexibility index (Phi) is 4.63. The lowest BCUT2D eigenvalue weighted by molar-refractivity contribution is 0.309. The van der Waals surface area contributed by atoms with Gasteiger partial charge in [0.1, 0.15) is 5.76 Å². The van der Waals surface area contributed by atoms with E-state index in [4.69, 9.17) is 4.42 Å². The lowest BCUT2D eigenvalue weighted by Crippen LogP contribution is -2.21. The van der Waals surface area contributed by atoms with Crippen LogP contribution < -0.4 is 5.32 Å². The molecule has 0 aromatic carbocycles. The molecule has 0 bridgehead atoms. The van der Waals surface area contributed by atoms with Gasteiger partial charge in [0.15, 0.2) is 0 Å². The van der Waals surface area contributed by atoms with Crippen molar-refractivity contribution < 1.29 is 4.42 Å². The molecule has 3 nitrogen and oxygen atoms in total. The second-order valence-corrected chi connectivity index (χ2v) is 5.19. The van der Waals surface area contributed by atoms with E-state index < -0.39 is 0 Å². The van der Waals surface area contributed by atoms with Crippen molar-refractivity contribution in [2.45, 2.75) is 39.3 Å². The van der Waals surface area contributed by atoms with Gasteiger partial charge in [0.25, 0.3) is 0 Å². The number of nitrogens with zero attached hydrogens (tertiary/aromatic N) is 1. The van der Waals surface area contributed by atoms with Gasteiger partial charge in [0.2, 0.25) is 0 Å². The minimum atomic E-state index is 0.855. The molecular weight excluding hydrogens is 212 g/mol. The molecule has 1 fully saturated rings. The molecule has 1 N–H and O–H groups in total. The maximum Gasteiger partial charge on any atom is 0.122 e. The Bertz CT molecular complexity index is 331. The fraction of sp³-hybridized carbons (Fsp3) is 0.714. The van der Waals surface area contributed by atoms with Gasteiger partial charge in [0.05, 0.1) is 12.8 Å². The van der Waals surface area contributed by atoms with Crippen LogP contribution in [0.2, 0.25) is 0 Å². The molecule has 1 aromatic heterocycles. The molecule has 0 aliphatic heterocycles. The van der Waals surface area contributed by atoms with E-state index in [1.54, 1.807) is 0 Å². The third kappa shape index (κ3) is 4.17. The standard InChI is InChI=1S/C14H24N2O/c1-3-7-15-9-14-13(6-8-17-14)11-16(2)10-12-4-5-12/h6,8,12,15H,3-5,7,9-11H2,1-2H3. The average molecular weight is 236 g/mol. The van der Waals surface area contributed by atoms with E-state index in [0.717, 1.165) is 37.7 Å². The first-order valence-electron chi connectivity index (χ1n) is 6.74. The predicted octanol–water partition coefficient (Wildman–Crippen LogP) is 2.62. The van der Waals surface area contributed by atoms with Crippen LogP contribution in [0.4, 0.5) is 0 Å². The molecule has 1 saturated carbocycles. The minimum Gasteiger partial charge on any atom is -0.468 e. The van der Waals surface area contributed by atoms with Gasteiger partial charge in [0, 0.05) is 18.7 Å². The Morgan fingerprint density at radius 3 is 3.00 bits per heavy atom. The van der Waals surface area contributed by atoms with E-state index in [2.05, 4.69) is 30.3 Å². The van der Waals surface area contributed by atoms with Crippen LogP contribution in [0.3, 0.4) is 0 Å². The topological polar surface area (TPSA) is 28.4 Å². The van der Waals surface area contributed by atoms with Crippen molar-refractivity contribution in [3.8, 4) is 0 Å². The Morgan fingerprint density at radius 1 is 1.47 bits per heavy atom. The highest BCUT2D eigenvalue weighted by Gasteiger charge is 2.23. The Morgan fingerprint density at radius 2 is 2.29 bits per heavy atom. The first-order chi connectivity index (χ1) is 8.29. The molecule has 3 heteroatoms. The van der Waals surface area contributed by atoms with Gasteiger partial charge >= 0.3 is 0 Å². The summed E-state index contributed by atoms with van der Waals surface area (Å²) in [6, 6.07) is 2.10. The van der Waals surface area contributed by atoms with Crippen LogP contribution in [0.5, 0.6) is 0 Å². The van der Waals surface area contributed by atoms with Crippen LogP contribution in [0.25, 0.3) is 0 Å². The van der Waals surface area contributed by atoms with Crippen molar-refractivity contribution in [2.24, 2.45) is 5.92 Å². The molecule has 2 rings (SSSR count). The second-order valence-electron chi connectivity index (χ2n) is 5.19. The number of furan rings is 1. The molecular formula is C14H24N2O. The molecule has 17 heavy (non-hydrogen) atoms. The molecule has 0 saturated heterocycles. The quantitative estimate of drug-likeness (QED) is 0.703. The van der Waals surface area contributed by atoms with Gasteiger partial charge < -0.3 is 14.6 Å². The van der Waals surface area contributed by atoms with Crippen molar-refractivity contribution >= 4 is 0 Å². The van der Waals surface area contributed by atoms with E-state index >= 15 is 0 Å². The minimum absolute atomic E-state index is 0.855. The Balaban J connectivity index is 1.79. The van der Waals surface area contributed by atoms with Crippen molar-refractivity contribution in [1.29, 1.82) is 0 Å². The lowest BCUT2D eigenvalue weighted by atomic mass is 10.2. The van der Waals surface area contributed by atoms with Crippen LogP contribution in [-0.2, 0) is 13.1 Å². The zero-order chi connectivity index (χ0) is 12.1. The van der Waals surface area contributed by atoms with Crippen molar-refractivity contribution in [2.75, 3.05) is 20.1 Å². The van der Waals surface area contributed by atoms with Crippen LogP contribution in [0.1, 0.15) is 37.5 Å². The summed E-state index contributed by atoms with van der Waals surface area (Å²) in [6.07, 6.45) is 5.81. The number of hydrogen-bond acceptors (Lipinski definition) is 3. The molecule has 0 atom stereocenters. The SMILES string of the molecule is CCCNCc1occc1CN(C)CC1CC1. The van der Waals surface area contributed by atoms with Crippen LogP contribution in [-0.4, -0.2) is 25.0 Å². The fourth-order valence-electron chi connectivity index (χ4n) is 2.14. The highest BCUT2D eigenvalue weighted by molar-refractivity contribution is 5.16. The van der Waals surface area contributed by atoms with E-state index in [-0.39, 0.29) is 0 Å². The third-order valence-electron chi connectivity index (χ3n) is 3.26. The van der Waals surface area contributed by atoms with E-state index in [0.29, 0.717) is 0 Å². The van der Waals surface area contributed by atoms with Crippen LogP contribution >= 0.6 is 0 Å². The van der Waals surface area contributed by atoms with Gasteiger partial charge in [-0.3, -0.25) is 0 Å². The Labute approximate surface area is 104 Å². The van der Waals surface area contributed by atoms with Gasteiger partial charge in [-0.05, 0) is 44.8 Å². The highest BCUT2D eigenvalue weighted by atomic mass is 16.3. The maximum absolute atomic E-state index is 5.54. The van der Waals surface area contributed by atoms with Crippen molar-refractivity contribution in [1.82, 2.24) is 10.2 Å². The van der Waals surface area contributed by atoms with Gasteiger partial charge in [-0.25, -0.2) is 0 Å². The van der Waals surface area contributed by atoms with E-state index in [9.17, 15) is 0 Å². The molecule has 0 amide bonds. The summed E-state index contributed by atoms with van der Waals surface area (Å²) in [5.74, 6) is 2.05. The summed E-state index contributed by atoms with van der Waals surface area (Å²) in [7, 11) is 2.20. The average Bonchev–Trinajstić information content (AvgIpc) is 3.00. The summed E-state index contributed by atoms with van der Waals surface area (Å²) in [5.41, 5.74) is 1.33. The third-order valence-corrected chi connectivity index (χ3v) is 3.26. The summed E-state index contributed by atoms with van der Waals surface area (Å²) in [5, 5.41) is 3.39.